The van der Waals surface area contributed by atoms with Gasteiger partial charge in [0.1, 0.15) is 0 Å². The Kier molecular flexibility index (Phi) is 6.71. The van der Waals surface area contributed by atoms with E-state index < -0.39 is 11.9 Å². The van der Waals surface area contributed by atoms with E-state index in [-0.39, 0.29) is 12.0 Å². The standard InChI is InChI=1S/C27H29ClN2O3/c1-4-27(2,3)17-12-13-23-21(14-17)25(20-10-5-6-11-22(20)30-23)26(32)33-16-24(31)29-19-9-7-8-18(28)15-19/h5-11,15,17H,4,12-14,16H2,1-3H3,(H,29,31). The summed E-state index contributed by atoms with van der Waals surface area (Å²) in [7, 11) is 0. The van der Waals surface area contributed by atoms with Crippen LogP contribution in [0.3, 0.4) is 0 Å². The van der Waals surface area contributed by atoms with Crippen molar-refractivity contribution in [3.8, 4) is 0 Å². The van der Waals surface area contributed by atoms with Gasteiger partial charge in [0.15, 0.2) is 6.61 Å². The average molecular weight is 465 g/mol. The molecule has 1 aromatic heterocycles. The zero-order chi connectivity index (χ0) is 23.6. The first kappa shape index (κ1) is 23.2. The van der Waals surface area contributed by atoms with E-state index in [0.717, 1.165) is 47.8 Å². The number of benzene rings is 2. The van der Waals surface area contributed by atoms with Crippen molar-refractivity contribution in [3.05, 3.63) is 70.4 Å². The normalized spacial score (nSPS) is 15.7. The van der Waals surface area contributed by atoms with Crippen molar-refractivity contribution in [1.29, 1.82) is 0 Å². The predicted molar refractivity (Wildman–Crippen MR) is 132 cm³/mol. The van der Waals surface area contributed by atoms with Crippen molar-refractivity contribution in [2.75, 3.05) is 11.9 Å². The van der Waals surface area contributed by atoms with Crippen LogP contribution < -0.4 is 5.32 Å². The lowest BCUT2D eigenvalue weighted by atomic mass is 9.68. The summed E-state index contributed by atoms with van der Waals surface area (Å²) in [5.41, 5.74) is 3.97. The van der Waals surface area contributed by atoms with E-state index in [0.29, 0.717) is 22.2 Å². The Bertz CT molecular complexity index is 1210. The Hall–Kier alpha value is -2.92. The van der Waals surface area contributed by atoms with Crippen LogP contribution in [0.5, 0.6) is 0 Å². The van der Waals surface area contributed by atoms with Crippen LogP contribution in [0, 0.1) is 11.3 Å². The molecule has 6 heteroatoms. The summed E-state index contributed by atoms with van der Waals surface area (Å²) in [4.78, 5) is 30.6. The monoisotopic (exact) mass is 464 g/mol. The van der Waals surface area contributed by atoms with E-state index in [1.807, 2.05) is 24.3 Å². The lowest BCUT2D eigenvalue weighted by molar-refractivity contribution is -0.119. The summed E-state index contributed by atoms with van der Waals surface area (Å²) in [6.07, 6.45) is 3.74. The molecule has 0 aliphatic heterocycles. The van der Waals surface area contributed by atoms with Crippen molar-refractivity contribution in [1.82, 2.24) is 4.98 Å². The highest BCUT2D eigenvalue weighted by Gasteiger charge is 2.34. The first-order valence-corrected chi connectivity index (χ1v) is 11.8. The Balaban J connectivity index is 1.60. The van der Waals surface area contributed by atoms with Gasteiger partial charge in [-0.25, -0.2) is 4.79 Å². The number of fused-ring (bicyclic) bond motifs is 2. The number of para-hydroxylation sites is 1. The minimum atomic E-state index is -0.485. The van der Waals surface area contributed by atoms with Gasteiger partial charge >= 0.3 is 5.97 Å². The molecular weight excluding hydrogens is 436 g/mol. The molecule has 33 heavy (non-hydrogen) atoms. The number of hydrogen-bond acceptors (Lipinski definition) is 4. The van der Waals surface area contributed by atoms with Gasteiger partial charge in [-0.2, -0.15) is 0 Å². The summed E-state index contributed by atoms with van der Waals surface area (Å²) in [6, 6.07) is 14.5. The van der Waals surface area contributed by atoms with Crippen molar-refractivity contribution >= 4 is 40.1 Å². The molecule has 1 aliphatic carbocycles. The second kappa shape index (κ2) is 9.52. The number of pyridine rings is 1. The molecule has 0 radical (unpaired) electrons. The van der Waals surface area contributed by atoms with Crippen molar-refractivity contribution in [2.45, 2.75) is 46.5 Å². The highest BCUT2D eigenvalue weighted by Crippen LogP contribution is 2.41. The number of rotatable bonds is 6. The number of amides is 1. The number of carbonyl (C=O) groups excluding carboxylic acids is 2. The van der Waals surface area contributed by atoms with Gasteiger partial charge in [-0.05, 0) is 60.4 Å². The molecule has 1 aliphatic rings. The number of hydrogen-bond donors (Lipinski definition) is 1. The zero-order valence-corrected chi connectivity index (χ0v) is 20.0. The van der Waals surface area contributed by atoms with Gasteiger partial charge in [-0.3, -0.25) is 9.78 Å². The van der Waals surface area contributed by atoms with Crippen LogP contribution in [0.4, 0.5) is 5.69 Å². The maximum Gasteiger partial charge on any atom is 0.339 e. The molecule has 0 spiro atoms. The Labute approximate surface area is 199 Å². The Morgan fingerprint density at radius 3 is 2.73 bits per heavy atom. The summed E-state index contributed by atoms with van der Waals surface area (Å²) in [6.45, 7) is 6.41. The molecular formula is C27H29ClN2O3. The molecule has 1 atom stereocenters. The quantitative estimate of drug-likeness (QED) is 0.439. The number of anilines is 1. The third kappa shape index (κ3) is 5.03. The number of ether oxygens (including phenoxy) is 1. The molecule has 4 rings (SSSR count). The first-order valence-electron chi connectivity index (χ1n) is 11.4. The minimum absolute atomic E-state index is 0.168. The largest absolute Gasteiger partial charge is 0.452 e. The van der Waals surface area contributed by atoms with Crippen LogP contribution in [0.2, 0.25) is 5.02 Å². The van der Waals surface area contributed by atoms with Crippen LogP contribution in [0.25, 0.3) is 10.9 Å². The van der Waals surface area contributed by atoms with E-state index in [4.69, 9.17) is 21.3 Å². The number of nitrogens with one attached hydrogen (secondary N) is 1. The number of esters is 1. The van der Waals surface area contributed by atoms with E-state index in [1.165, 1.54) is 0 Å². The lowest BCUT2D eigenvalue weighted by Gasteiger charge is -2.37. The van der Waals surface area contributed by atoms with E-state index in [2.05, 4.69) is 26.1 Å². The predicted octanol–water partition coefficient (Wildman–Crippen LogP) is 6.22. The minimum Gasteiger partial charge on any atom is -0.452 e. The highest BCUT2D eigenvalue weighted by molar-refractivity contribution is 6.30. The van der Waals surface area contributed by atoms with Gasteiger partial charge in [-0.1, -0.05) is 63.1 Å². The lowest BCUT2D eigenvalue weighted by Crippen LogP contribution is -2.31. The van der Waals surface area contributed by atoms with Crippen LogP contribution in [-0.4, -0.2) is 23.5 Å². The molecule has 0 saturated carbocycles. The molecule has 1 N–H and O–H groups in total. The van der Waals surface area contributed by atoms with Gasteiger partial charge in [0.05, 0.1) is 11.1 Å². The fourth-order valence-corrected chi connectivity index (χ4v) is 4.73. The second-order valence-electron chi connectivity index (χ2n) is 9.35. The molecule has 5 nitrogen and oxygen atoms in total. The van der Waals surface area contributed by atoms with Crippen molar-refractivity contribution < 1.29 is 14.3 Å². The second-order valence-corrected chi connectivity index (χ2v) is 9.78. The maximum atomic E-state index is 13.3. The summed E-state index contributed by atoms with van der Waals surface area (Å²) in [5, 5.41) is 4.00. The summed E-state index contributed by atoms with van der Waals surface area (Å²) in [5.74, 6) is -0.445. The zero-order valence-electron chi connectivity index (χ0n) is 19.3. The smallest absolute Gasteiger partial charge is 0.339 e. The van der Waals surface area contributed by atoms with Crippen molar-refractivity contribution in [2.24, 2.45) is 11.3 Å². The molecule has 0 saturated heterocycles. The molecule has 0 bridgehead atoms. The first-order chi connectivity index (χ1) is 15.8. The van der Waals surface area contributed by atoms with Gasteiger partial charge in [0, 0.05) is 21.8 Å². The molecule has 1 heterocycles. The third-order valence-electron chi connectivity index (χ3n) is 6.92. The van der Waals surface area contributed by atoms with Crippen LogP contribution >= 0.6 is 11.6 Å². The van der Waals surface area contributed by atoms with Gasteiger partial charge < -0.3 is 10.1 Å². The van der Waals surface area contributed by atoms with Crippen molar-refractivity contribution in [3.63, 3.8) is 0 Å². The Morgan fingerprint density at radius 1 is 1.18 bits per heavy atom. The molecule has 0 fully saturated rings. The van der Waals surface area contributed by atoms with Crippen LogP contribution in [0.15, 0.2) is 48.5 Å². The number of carbonyl (C=O) groups is 2. The number of aryl methyl sites for hydroxylation is 1. The maximum absolute atomic E-state index is 13.3. The fourth-order valence-electron chi connectivity index (χ4n) is 4.54. The Morgan fingerprint density at radius 2 is 1.97 bits per heavy atom. The van der Waals surface area contributed by atoms with Gasteiger partial charge in [-0.15, -0.1) is 0 Å². The van der Waals surface area contributed by atoms with Gasteiger partial charge in [0.25, 0.3) is 5.91 Å². The van der Waals surface area contributed by atoms with E-state index >= 15 is 0 Å². The van der Waals surface area contributed by atoms with E-state index in [9.17, 15) is 9.59 Å². The molecule has 3 aromatic rings. The van der Waals surface area contributed by atoms with Crippen LogP contribution in [0.1, 0.15) is 55.2 Å². The highest BCUT2D eigenvalue weighted by atomic mass is 35.5. The topological polar surface area (TPSA) is 68.3 Å². The third-order valence-corrected chi connectivity index (χ3v) is 7.16. The molecule has 1 unspecified atom stereocenters. The van der Waals surface area contributed by atoms with Crippen LogP contribution in [-0.2, 0) is 22.4 Å². The average Bonchev–Trinajstić information content (AvgIpc) is 2.80. The molecule has 2 aromatic carbocycles. The SMILES string of the molecule is CCC(C)(C)C1CCc2nc3ccccc3c(C(=O)OCC(=O)Nc3cccc(Cl)c3)c2C1. The number of halogens is 1. The van der Waals surface area contributed by atoms with E-state index in [1.54, 1.807) is 24.3 Å². The summed E-state index contributed by atoms with van der Waals surface area (Å²) < 4.78 is 5.50. The number of nitrogens with zero attached hydrogens (tertiary/aromatic N) is 1. The fraction of sp³-hybridized carbons (Fsp3) is 0.370. The van der Waals surface area contributed by atoms with Gasteiger partial charge in [0.2, 0.25) is 0 Å². The number of aromatic nitrogens is 1. The molecule has 172 valence electrons. The molecule has 1 amide bonds. The summed E-state index contributed by atoms with van der Waals surface area (Å²) >= 11 is 5.97.